The quantitative estimate of drug-likeness (QED) is 0.675. The molecule has 23 heavy (non-hydrogen) atoms. The first-order valence-corrected chi connectivity index (χ1v) is 6.88. The van der Waals surface area contributed by atoms with Crippen molar-refractivity contribution in [1.82, 2.24) is 10.3 Å². The van der Waals surface area contributed by atoms with Gasteiger partial charge in [-0.3, -0.25) is 9.78 Å². The van der Waals surface area contributed by atoms with Crippen LogP contribution in [0.15, 0.2) is 48.0 Å². The van der Waals surface area contributed by atoms with E-state index in [1.807, 2.05) is 0 Å². The number of alkyl halides is 3. The van der Waals surface area contributed by atoms with Crippen molar-refractivity contribution in [3.05, 3.63) is 59.2 Å². The fourth-order valence-corrected chi connectivity index (χ4v) is 2.15. The maximum absolute atomic E-state index is 13.9. The Morgan fingerprint density at radius 2 is 2.09 bits per heavy atom. The van der Waals surface area contributed by atoms with Crippen molar-refractivity contribution in [3.8, 4) is 0 Å². The van der Waals surface area contributed by atoms with E-state index in [1.165, 1.54) is 12.1 Å². The molecule has 0 atom stereocenters. The predicted molar refractivity (Wildman–Crippen MR) is 77.8 cm³/mol. The highest BCUT2D eigenvalue weighted by Crippen LogP contribution is 2.30. The summed E-state index contributed by atoms with van der Waals surface area (Å²) in [5.74, 6) is -0.489. The number of carbonyl (C=O) groups excluding carboxylic acids is 1. The largest absolute Gasteiger partial charge is 0.433 e. The Morgan fingerprint density at radius 1 is 1.30 bits per heavy atom. The van der Waals surface area contributed by atoms with Gasteiger partial charge in [0.25, 0.3) is 0 Å². The van der Waals surface area contributed by atoms with Crippen LogP contribution in [-0.4, -0.2) is 17.9 Å². The van der Waals surface area contributed by atoms with Crippen LogP contribution in [0.1, 0.15) is 24.1 Å². The minimum Gasteiger partial charge on any atom is -0.354 e. The highest BCUT2D eigenvalue weighted by Gasteiger charge is 2.32. The van der Waals surface area contributed by atoms with E-state index < -0.39 is 17.7 Å². The second kappa shape index (κ2) is 7.21. The number of pyridine rings is 1. The van der Waals surface area contributed by atoms with Crippen LogP contribution in [0.3, 0.4) is 0 Å². The van der Waals surface area contributed by atoms with Gasteiger partial charge < -0.3 is 5.32 Å². The first kappa shape index (κ1) is 16.9. The molecule has 0 radical (unpaired) electrons. The van der Waals surface area contributed by atoms with Gasteiger partial charge >= 0.3 is 6.18 Å². The molecule has 1 amide bonds. The van der Waals surface area contributed by atoms with E-state index in [-0.39, 0.29) is 12.1 Å². The zero-order chi connectivity index (χ0) is 16.9. The number of nitrogens with zero attached hydrogens (tertiary/aromatic N) is 1. The lowest BCUT2D eigenvalue weighted by Gasteiger charge is -2.12. The Hall–Kier alpha value is -2.44. The average Bonchev–Trinajstić information content (AvgIpc) is 2.50. The van der Waals surface area contributed by atoms with Crippen molar-refractivity contribution in [2.75, 3.05) is 6.54 Å². The number of rotatable bonds is 4. The zero-order valence-corrected chi connectivity index (χ0v) is 12.0. The summed E-state index contributed by atoms with van der Waals surface area (Å²) in [6.45, 7) is -0.00274. The lowest BCUT2D eigenvalue weighted by molar-refractivity contribution is -0.141. The number of aromatic nitrogens is 1. The summed E-state index contributed by atoms with van der Waals surface area (Å²) in [5, 5.41) is 2.38. The van der Waals surface area contributed by atoms with Gasteiger partial charge in [0.15, 0.2) is 0 Å². The van der Waals surface area contributed by atoms with Crippen LogP contribution in [0.25, 0.3) is 5.57 Å². The highest BCUT2D eigenvalue weighted by molar-refractivity contribution is 5.69. The van der Waals surface area contributed by atoms with Crippen molar-refractivity contribution in [2.45, 2.75) is 19.0 Å². The lowest BCUT2D eigenvalue weighted by Crippen LogP contribution is -2.14. The predicted octanol–water partition coefficient (Wildman–Crippen LogP) is 3.80. The topological polar surface area (TPSA) is 42.0 Å². The van der Waals surface area contributed by atoms with Gasteiger partial charge in [-0.1, -0.05) is 18.2 Å². The molecule has 0 aromatic carbocycles. The Labute approximate surface area is 130 Å². The summed E-state index contributed by atoms with van der Waals surface area (Å²) < 4.78 is 51.6. The summed E-state index contributed by atoms with van der Waals surface area (Å²) in [6, 6.07) is 2.21. The van der Waals surface area contributed by atoms with Crippen LogP contribution < -0.4 is 5.32 Å². The van der Waals surface area contributed by atoms with Crippen LogP contribution in [0, 0.1) is 0 Å². The zero-order valence-electron chi connectivity index (χ0n) is 12.0. The smallest absolute Gasteiger partial charge is 0.354 e. The van der Waals surface area contributed by atoms with Crippen molar-refractivity contribution in [3.63, 3.8) is 0 Å². The van der Waals surface area contributed by atoms with E-state index in [4.69, 9.17) is 0 Å². The third-order valence-corrected chi connectivity index (χ3v) is 3.30. The molecule has 1 aromatic rings. The van der Waals surface area contributed by atoms with Gasteiger partial charge in [0.2, 0.25) is 6.41 Å². The average molecular weight is 326 g/mol. The molecule has 7 heteroatoms. The molecule has 2 rings (SSSR count). The van der Waals surface area contributed by atoms with E-state index in [9.17, 15) is 22.4 Å². The van der Waals surface area contributed by atoms with Gasteiger partial charge in [-0.05, 0) is 36.1 Å². The maximum Gasteiger partial charge on any atom is 0.433 e. The van der Waals surface area contributed by atoms with Gasteiger partial charge in [-0.25, -0.2) is 4.39 Å². The normalized spacial score (nSPS) is 17.1. The molecule has 122 valence electrons. The van der Waals surface area contributed by atoms with Crippen LogP contribution in [0.2, 0.25) is 0 Å². The van der Waals surface area contributed by atoms with E-state index in [0.29, 0.717) is 30.4 Å². The molecular weight excluding hydrogens is 312 g/mol. The van der Waals surface area contributed by atoms with Gasteiger partial charge in [-0.2, -0.15) is 13.2 Å². The summed E-state index contributed by atoms with van der Waals surface area (Å²) in [6.07, 6.45) is 2.66. The van der Waals surface area contributed by atoms with Crippen molar-refractivity contribution in [1.29, 1.82) is 0 Å². The Kier molecular flexibility index (Phi) is 5.31. The number of nitrogens with one attached hydrogen (secondary N) is 1. The lowest BCUT2D eigenvalue weighted by atomic mass is 9.97. The number of carbonyl (C=O) groups is 1. The molecule has 3 nitrogen and oxygen atoms in total. The van der Waals surface area contributed by atoms with Gasteiger partial charge in [0.1, 0.15) is 11.5 Å². The Morgan fingerprint density at radius 3 is 2.70 bits per heavy atom. The van der Waals surface area contributed by atoms with Crippen molar-refractivity contribution >= 4 is 12.0 Å². The molecule has 0 saturated carbocycles. The molecule has 0 fully saturated rings. The second-order valence-electron chi connectivity index (χ2n) is 4.91. The highest BCUT2D eigenvalue weighted by atomic mass is 19.4. The van der Waals surface area contributed by atoms with Crippen LogP contribution in [-0.2, 0) is 11.0 Å². The number of hydrogen-bond donors (Lipinski definition) is 1. The van der Waals surface area contributed by atoms with Crippen molar-refractivity contribution in [2.24, 2.45) is 0 Å². The molecule has 0 aliphatic heterocycles. The standard InChI is InChI=1S/C16H14F4N2O/c17-14-4-2-1-3-11(7-13(14)8-21-10-23)12-5-6-15(22-9-12)16(18,19)20/h2,4-7,9-10H,1,3,8H2,(H,21,23)/b4-2-,11-7?,14-13?. The third-order valence-electron chi connectivity index (χ3n) is 3.30. The molecule has 0 saturated heterocycles. The minimum absolute atomic E-state index is 0.00274. The molecule has 1 aromatic heterocycles. The number of amides is 1. The molecule has 0 bridgehead atoms. The Balaban J connectivity index is 2.34. The summed E-state index contributed by atoms with van der Waals surface area (Å²) in [5.41, 5.74) is 0.429. The fraction of sp³-hybridized carbons (Fsp3) is 0.250. The fourth-order valence-electron chi connectivity index (χ4n) is 2.15. The third kappa shape index (κ3) is 4.51. The van der Waals surface area contributed by atoms with Gasteiger partial charge in [-0.15, -0.1) is 0 Å². The van der Waals surface area contributed by atoms with Crippen LogP contribution in [0.5, 0.6) is 0 Å². The Bertz CT molecular complexity index is 658. The minimum atomic E-state index is -4.50. The molecule has 1 aliphatic rings. The number of halogens is 4. The molecular formula is C16H14F4N2O. The van der Waals surface area contributed by atoms with Gasteiger partial charge in [0, 0.05) is 18.3 Å². The van der Waals surface area contributed by atoms with E-state index in [0.717, 1.165) is 12.3 Å². The molecule has 0 unspecified atom stereocenters. The van der Waals surface area contributed by atoms with E-state index >= 15 is 0 Å². The maximum atomic E-state index is 13.9. The number of allylic oxidation sites excluding steroid dienone is 4. The van der Waals surface area contributed by atoms with Gasteiger partial charge in [0.05, 0.1) is 0 Å². The monoisotopic (exact) mass is 326 g/mol. The van der Waals surface area contributed by atoms with Crippen molar-refractivity contribution < 1.29 is 22.4 Å². The molecule has 1 heterocycles. The van der Waals surface area contributed by atoms with E-state index in [2.05, 4.69) is 10.3 Å². The second-order valence-corrected chi connectivity index (χ2v) is 4.91. The summed E-state index contributed by atoms with van der Waals surface area (Å²) >= 11 is 0. The molecule has 1 N–H and O–H groups in total. The van der Waals surface area contributed by atoms with E-state index in [1.54, 1.807) is 12.2 Å². The van der Waals surface area contributed by atoms with Crippen LogP contribution in [0.4, 0.5) is 17.6 Å². The van der Waals surface area contributed by atoms with Crippen LogP contribution >= 0.6 is 0 Å². The number of hydrogen-bond acceptors (Lipinski definition) is 2. The summed E-state index contributed by atoms with van der Waals surface area (Å²) in [7, 11) is 0. The summed E-state index contributed by atoms with van der Waals surface area (Å²) in [4.78, 5) is 13.8. The molecule has 1 aliphatic carbocycles. The molecule has 0 spiro atoms. The first-order chi connectivity index (χ1) is 10.9. The first-order valence-electron chi connectivity index (χ1n) is 6.88. The SMILES string of the molecule is O=CNCC1=C(F)/C=C\CCC(c2ccc(C(F)(F)F)nc2)=C1.